The molecular weight excluding hydrogens is 496 g/mol. The van der Waals surface area contributed by atoms with Gasteiger partial charge in [0.25, 0.3) is 0 Å². The van der Waals surface area contributed by atoms with Crippen molar-refractivity contribution in [1.82, 2.24) is 19.9 Å². The van der Waals surface area contributed by atoms with Gasteiger partial charge in [-0.15, -0.1) is 0 Å². The third-order valence-corrected chi connectivity index (χ3v) is 3.33. The van der Waals surface area contributed by atoms with E-state index in [0.717, 1.165) is 0 Å². The second-order valence-corrected chi connectivity index (χ2v) is 6.98. The minimum atomic E-state index is -1.06. The van der Waals surface area contributed by atoms with E-state index in [9.17, 15) is 5.11 Å². The fraction of sp³-hybridized carbons (Fsp3) is 0.231. The molecule has 0 aromatic carbocycles. The minimum Gasteiger partial charge on any atom is -0.381 e. The van der Waals surface area contributed by atoms with E-state index in [1.807, 2.05) is 0 Å². The Balaban J connectivity index is 0.000000253. The van der Waals surface area contributed by atoms with Crippen molar-refractivity contribution >= 4 is 59.4 Å². The van der Waals surface area contributed by atoms with E-state index in [1.165, 1.54) is 6.20 Å². The zero-order chi connectivity index (χ0) is 17.6. The van der Waals surface area contributed by atoms with E-state index >= 15 is 0 Å². The molecule has 0 saturated carbocycles. The van der Waals surface area contributed by atoms with E-state index in [0.29, 0.717) is 25.3 Å². The summed E-state index contributed by atoms with van der Waals surface area (Å²) in [5.74, 6) is 5.93. The van der Waals surface area contributed by atoms with E-state index in [-0.39, 0.29) is 5.82 Å². The summed E-state index contributed by atoms with van der Waals surface area (Å²) in [6.07, 6.45) is 3.03. The number of aromatic nitrogens is 4. The van der Waals surface area contributed by atoms with Crippen molar-refractivity contribution in [2.75, 3.05) is 11.5 Å². The first-order chi connectivity index (χ1) is 10.6. The highest BCUT2D eigenvalue weighted by molar-refractivity contribution is 9.11. The van der Waals surface area contributed by atoms with Crippen LogP contribution >= 0.6 is 47.8 Å². The molecule has 2 rings (SSSR count). The summed E-state index contributed by atoms with van der Waals surface area (Å²) in [6.45, 7) is 3.17. The Morgan fingerprint density at radius 1 is 1.00 bits per heavy atom. The monoisotopic (exact) mass is 506 g/mol. The second-order valence-electron chi connectivity index (χ2n) is 4.60. The molecule has 0 spiro atoms. The number of nitrogens with zero attached hydrogens (tertiary/aromatic N) is 4. The molecule has 0 saturated heterocycles. The first-order valence-corrected chi connectivity index (χ1v) is 8.43. The molecule has 0 atom stereocenters. The van der Waals surface area contributed by atoms with E-state index in [2.05, 4.69) is 79.6 Å². The van der Waals surface area contributed by atoms with Crippen molar-refractivity contribution in [3.63, 3.8) is 0 Å². The lowest BCUT2D eigenvalue weighted by Crippen LogP contribution is -2.14. The van der Waals surface area contributed by atoms with E-state index < -0.39 is 5.60 Å². The first-order valence-electron chi connectivity index (χ1n) is 6.05. The van der Waals surface area contributed by atoms with Crippen molar-refractivity contribution in [2.45, 2.75) is 19.4 Å². The molecule has 0 fully saturated rings. The Kier molecular flexibility index (Phi) is 7.34. The topological polar surface area (TPSA) is 124 Å². The van der Waals surface area contributed by atoms with Crippen LogP contribution in [0.4, 0.5) is 11.6 Å². The lowest BCUT2D eigenvalue weighted by molar-refractivity contribution is 0.143. The van der Waals surface area contributed by atoms with Crippen molar-refractivity contribution < 1.29 is 5.11 Å². The fourth-order valence-corrected chi connectivity index (χ4v) is 2.13. The summed E-state index contributed by atoms with van der Waals surface area (Å²) >= 11 is 9.41. The van der Waals surface area contributed by atoms with Crippen LogP contribution in [0.25, 0.3) is 0 Å². The van der Waals surface area contributed by atoms with E-state index in [1.54, 1.807) is 20.0 Å². The molecule has 122 valence electrons. The summed E-state index contributed by atoms with van der Waals surface area (Å²) in [7, 11) is 0. The zero-order valence-corrected chi connectivity index (χ0v) is 16.9. The van der Waals surface area contributed by atoms with Crippen LogP contribution in [0, 0.1) is 11.8 Å². The number of hydrogen-bond donors (Lipinski definition) is 3. The summed E-state index contributed by atoms with van der Waals surface area (Å²) in [6, 6.07) is 0. The maximum absolute atomic E-state index is 9.36. The molecule has 0 unspecified atom stereocenters. The highest BCUT2D eigenvalue weighted by Gasteiger charge is 2.07. The predicted molar refractivity (Wildman–Crippen MR) is 99.2 cm³/mol. The molecule has 23 heavy (non-hydrogen) atoms. The summed E-state index contributed by atoms with van der Waals surface area (Å²) in [5.41, 5.74) is 10.2. The average molecular weight is 509 g/mol. The number of aliphatic hydroxyl groups is 1. The third-order valence-electron chi connectivity index (χ3n) is 1.98. The van der Waals surface area contributed by atoms with Gasteiger partial charge in [0.2, 0.25) is 0 Å². The van der Waals surface area contributed by atoms with Gasteiger partial charge in [-0.3, -0.25) is 0 Å². The van der Waals surface area contributed by atoms with Gasteiger partial charge < -0.3 is 16.6 Å². The van der Waals surface area contributed by atoms with Crippen LogP contribution in [0.2, 0.25) is 0 Å². The standard InChI is InChI=1S/C9H10BrN3O.C4H3Br2N3/c1-9(2,14)4-3-6-8(11)12-5-7(10)13-6;5-2-1-8-4(7)3(6)9-2/h5,14H,1-2H3,(H2,11,12);1H,(H2,7,8). The molecule has 2 heterocycles. The van der Waals surface area contributed by atoms with Gasteiger partial charge >= 0.3 is 0 Å². The molecule has 0 bridgehead atoms. The van der Waals surface area contributed by atoms with Crippen molar-refractivity contribution in [1.29, 1.82) is 0 Å². The van der Waals surface area contributed by atoms with Crippen LogP contribution in [-0.2, 0) is 0 Å². The number of anilines is 2. The van der Waals surface area contributed by atoms with Gasteiger partial charge in [-0.05, 0) is 67.6 Å². The first kappa shape index (κ1) is 19.8. The molecule has 2 aromatic heterocycles. The van der Waals surface area contributed by atoms with Crippen LogP contribution in [0.1, 0.15) is 19.5 Å². The molecule has 0 aliphatic carbocycles. The van der Waals surface area contributed by atoms with Gasteiger partial charge in [-0.1, -0.05) is 5.92 Å². The Morgan fingerprint density at radius 3 is 2.00 bits per heavy atom. The van der Waals surface area contributed by atoms with Crippen molar-refractivity contribution in [2.24, 2.45) is 0 Å². The highest BCUT2D eigenvalue weighted by atomic mass is 79.9. The molecular formula is C13H13Br3N6O. The Morgan fingerprint density at radius 2 is 1.52 bits per heavy atom. The van der Waals surface area contributed by atoms with Gasteiger partial charge in [0.05, 0.1) is 12.4 Å². The normalized spacial score (nSPS) is 10.2. The maximum Gasteiger partial charge on any atom is 0.158 e. The SMILES string of the molecule is CC(C)(O)C#Cc1nc(Br)cnc1N.Nc1ncc(Br)nc1Br. The Hall–Kier alpha value is -1.28. The lowest BCUT2D eigenvalue weighted by atomic mass is 10.1. The molecule has 5 N–H and O–H groups in total. The fourth-order valence-electron chi connectivity index (χ4n) is 1.04. The average Bonchev–Trinajstić information content (AvgIpc) is 2.44. The maximum atomic E-state index is 9.36. The largest absolute Gasteiger partial charge is 0.381 e. The number of rotatable bonds is 0. The molecule has 0 aliphatic heterocycles. The van der Waals surface area contributed by atoms with Gasteiger partial charge in [0, 0.05) is 0 Å². The van der Waals surface area contributed by atoms with Crippen molar-refractivity contribution in [3.05, 3.63) is 31.9 Å². The van der Waals surface area contributed by atoms with E-state index in [4.69, 9.17) is 11.5 Å². The molecule has 10 heteroatoms. The van der Waals surface area contributed by atoms with Crippen LogP contribution in [-0.4, -0.2) is 30.6 Å². The molecule has 0 aliphatic rings. The highest BCUT2D eigenvalue weighted by Crippen LogP contribution is 2.15. The van der Waals surface area contributed by atoms with Gasteiger partial charge in [0.15, 0.2) is 17.3 Å². The van der Waals surface area contributed by atoms with Gasteiger partial charge in [-0.25, -0.2) is 19.9 Å². The third kappa shape index (κ3) is 7.69. The predicted octanol–water partition coefficient (Wildman–Crippen LogP) is 2.53. The number of nitrogen functional groups attached to an aromatic ring is 2. The van der Waals surface area contributed by atoms with Crippen LogP contribution < -0.4 is 11.5 Å². The Bertz CT molecular complexity index is 752. The second kappa shape index (κ2) is 8.54. The molecule has 7 nitrogen and oxygen atoms in total. The van der Waals surface area contributed by atoms with Gasteiger partial charge in [0.1, 0.15) is 19.4 Å². The summed E-state index contributed by atoms with van der Waals surface area (Å²) < 4.78 is 1.80. The smallest absolute Gasteiger partial charge is 0.158 e. The van der Waals surface area contributed by atoms with Crippen LogP contribution in [0.3, 0.4) is 0 Å². The number of nitrogens with two attached hydrogens (primary N) is 2. The Labute approximate surface area is 158 Å². The van der Waals surface area contributed by atoms with Crippen molar-refractivity contribution in [3.8, 4) is 11.8 Å². The lowest BCUT2D eigenvalue weighted by Gasteiger charge is -2.06. The summed E-state index contributed by atoms with van der Waals surface area (Å²) in [5, 5.41) is 9.36. The summed E-state index contributed by atoms with van der Waals surface area (Å²) in [4.78, 5) is 15.6. The van der Waals surface area contributed by atoms with Gasteiger partial charge in [-0.2, -0.15) is 0 Å². The zero-order valence-electron chi connectivity index (χ0n) is 12.2. The number of halogens is 3. The molecule has 0 radical (unpaired) electrons. The molecule has 0 amide bonds. The number of hydrogen-bond acceptors (Lipinski definition) is 7. The molecule has 2 aromatic rings. The minimum absolute atomic E-state index is 0.255. The van der Waals surface area contributed by atoms with Crippen LogP contribution in [0.15, 0.2) is 26.2 Å². The van der Waals surface area contributed by atoms with Crippen LogP contribution in [0.5, 0.6) is 0 Å². The quantitative estimate of drug-likeness (QED) is 0.467.